The molecule has 1 fully saturated rings. The third kappa shape index (κ3) is 4.77. The van der Waals surface area contributed by atoms with Gasteiger partial charge < -0.3 is 19.4 Å². The van der Waals surface area contributed by atoms with Gasteiger partial charge in [-0.3, -0.25) is 0 Å². The van der Waals surface area contributed by atoms with Crippen molar-refractivity contribution in [3.05, 3.63) is 0 Å². The summed E-state index contributed by atoms with van der Waals surface area (Å²) in [5, 5.41) is 29.6. The van der Waals surface area contributed by atoms with Crippen molar-refractivity contribution in [2.45, 2.75) is 89.7 Å². The minimum absolute atomic E-state index is 0.0420. The molecular formula is C16H31NO4Si. The molecule has 1 aliphatic heterocycles. The minimum Gasteiger partial charge on any atom is -0.392 e. The lowest BCUT2D eigenvalue weighted by atomic mass is 9.87. The zero-order chi connectivity index (χ0) is 17.3. The topological polar surface area (TPSA) is 82.7 Å². The molecule has 1 rings (SSSR count). The van der Waals surface area contributed by atoms with Crippen LogP contribution in [0.5, 0.6) is 0 Å². The molecule has 0 unspecified atom stereocenters. The molecule has 0 aromatic rings. The molecule has 0 aromatic heterocycles. The van der Waals surface area contributed by atoms with Crippen LogP contribution >= 0.6 is 0 Å². The summed E-state index contributed by atoms with van der Waals surface area (Å²) in [6.45, 7) is 13.8. The van der Waals surface area contributed by atoms with Crippen LogP contribution in [0.3, 0.4) is 0 Å². The van der Waals surface area contributed by atoms with Gasteiger partial charge in [-0.05, 0) is 38.4 Å². The van der Waals surface area contributed by atoms with Crippen LogP contribution in [0, 0.1) is 17.2 Å². The second kappa shape index (κ2) is 6.58. The SMILES string of the molecule is CC(C)(O)[C@H](O)[C@H]1C[C@@H](C#N)C[C@@H](O[Si](C)(C)C(C)(C)C)O1. The molecule has 1 heterocycles. The van der Waals surface area contributed by atoms with Gasteiger partial charge in [-0.1, -0.05) is 20.8 Å². The number of hydrogen-bond acceptors (Lipinski definition) is 5. The van der Waals surface area contributed by atoms with E-state index in [1.54, 1.807) is 13.8 Å². The van der Waals surface area contributed by atoms with Gasteiger partial charge in [-0.15, -0.1) is 0 Å². The fourth-order valence-electron chi connectivity index (χ4n) is 2.26. The van der Waals surface area contributed by atoms with Crippen LogP contribution < -0.4 is 0 Å². The molecular weight excluding hydrogens is 298 g/mol. The van der Waals surface area contributed by atoms with Crippen LogP contribution in [0.2, 0.25) is 18.1 Å². The molecule has 0 radical (unpaired) electrons. The van der Waals surface area contributed by atoms with Crippen molar-refractivity contribution in [1.29, 1.82) is 5.26 Å². The Morgan fingerprint density at radius 1 is 1.23 bits per heavy atom. The summed E-state index contributed by atoms with van der Waals surface area (Å²) in [7, 11) is -2.02. The molecule has 2 N–H and O–H groups in total. The van der Waals surface area contributed by atoms with Gasteiger partial charge in [0.25, 0.3) is 0 Å². The largest absolute Gasteiger partial charge is 0.392 e. The van der Waals surface area contributed by atoms with Crippen LogP contribution in [0.4, 0.5) is 0 Å². The van der Waals surface area contributed by atoms with E-state index in [1.807, 2.05) is 0 Å². The number of hydrogen-bond donors (Lipinski definition) is 2. The Bertz CT molecular complexity index is 419. The highest BCUT2D eigenvalue weighted by atomic mass is 28.4. The van der Waals surface area contributed by atoms with E-state index in [9.17, 15) is 15.5 Å². The number of rotatable bonds is 4. The Kier molecular flexibility index (Phi) is 5.86. The Morgan fingerprint density at radius 2 is 1.77 bits per heavy atom. The Hall–Kier alpha value is -0.453. The van der Waals surface area contributed by atoms with Crippen LogP contribution in [0.15, 0.2) is 0 Å². The van der Waals surface area contributed by atoms with Crippen molar-refractivity contribution in [1.82, 2.24) is 0 Å². The zero-order valence-corrected chi connectivity index (χ0v) is 15.9. The first kappa shape index (κ1) is 19.6. The lowest BCUT2D eigenvalue weighted by Gasteiger charge is -2.44. The summed E-state index contributed by atoms with van der Waals surface area (Å²) in [4.78, 5) is 0. The molecule has 0 aliphatic carbocycles. The average molecular weight is 330 g/mol. The standard InChI is InChI=1S/C16H31NO4Si/c1-15(2,3)22(6,7)21-13-9-11(10-17)8-12(20-13)14(18)16(4,5)19/h11-14,18-19H,8-9H2,1-7H3/t11-,12-,13-,14-/m1/s1. The van der Waals surface area contributed by atoms with E-state index >= 15 is 0 Å². The first-order valence-corrected chi connectivity index (χ1v) is 10.8. The van der Waals surface area contributed by atoms with E-state index < -0.39 is 32.4 Å². The molecule has 0 saturated carbocycles. The highest BCUT2D eigenvalue weighted by Gasteiger charge is 2.44. The first-order chi connectivity index (χ1) is 9.78. The van der Waals surface area contributed by atoms with Gasteiger partial charge >= 0.3 is 0 Å². The fourth-order valence-corrected chi connectivity index (χ4v) is 3.42. The predicted octanol–water partition coefficient (Wildman–Crippen LogP) is 2.78. The number of aliphatic hydroxyl groups is 2. The fraction of sp³-hybridized carbons (Fsp3) is 0.938. The Labute approximate surface area is 135 Å². The van der Waals surface area contributed by atoms with E-state index in [0.29, 0.717) is 12.8 Å². The van der Waals surface area contributed by atoms with Crippen LogP contribution in [0.1, 0.15) is 47.5 Å². The molecule has 4 atom stereocenters. The second-order valence-electron chi connectivity index (χ2n) is 8.38. The molecule has 0 amide bonds. The summed E-state index contributed by atoms with van der Waals surface area (Å²) in [6, 6.07) is 2.26. The van der Waals surface area contributed by atoms with Crippen molar-refractivity contribution >= 4 is 8.32 Å². The molecule has 0 bridgehead atoms. The quantitative estimate of drug-likeness (QED) is 0.775. The van der Waals surface area contributed by atoms with Gasteiger partial charge in [0, 0.05) is 6.42 Å². The Morgan fingerprint density at radius 3 is 2.18 bits per heavy atom. The maximum atomic E-state index is 10.3. The lowest BCUT2D eigenvalue weighted by Crippen LogP contribution is -2.53. The molecule has 128 valence electrons. The van der Waals surface area contributed by atoms with E-state index in [0.717, 1.165) is 0 Å². The van der Waals surface area contributed by atoms with E-state index in [-0.39, 0.29) is 11.0 Å². The van der Waals surface area contributed by atoms with Crippen LogP contribution in [-0.2, 0) is 9.16 Å². The third-order valence-corrected chi connectivity index (χ3v) is 9.28. The Balaban J connectivity index is 2.87. The average Bonchev–Trinajstić information content (AvgIpc) is 2.34. The van der Waals surface area contributed by atoms with Crippen LogP contribution in [0.25, 0.3) is 0 Å². The highest BCUT2D eigenvalue weighted by Crippen LogP contribution is 2.40. The van der Waals surface area contributed by atoms with Gasteiger partial charge in [0.15, 0.2) is 8.32 Å². The highest BCUT2D eigenvalue weighted by molar-refractivity contribution is 6.74. The monoisotopic (exact) mass is 329 g/mol. The van der Waals surface area contributed by atoms with Crippen molar-refractivity contribution in [2.75, 3.05) is 0 Å². The van der Waals surface area contributed by atoms with E-state index in [1.165, 1.54) is 0 Å². The normalized spacial score (nSPS) is 29.0. The molecule has 1 aliphatic rings. The molecule has 5 nitrogen and oxygen atoms in total. The van der Waals surface area contributed by atoms with Gasteiger partial charge in [0.05, 0.1) is 23.7 Å². The summed E-state index contributed by atoms with van der Waals surface area (Å²) in [5.74, 6) is -0.231. The molecule has 6 heteroatoms. The summed E-state index contributed by atoms with van der Waals surface area (Å²) < 4.78 is 12.1. The van der Waals surface area contributed by atoms with Gasteiger partial charge in [0.1, 0.15) is 12.4 Å². The number of nitriles is 1. The third-order valence-electron chi connectivity index (χ3n) is 4.81. The number of aliphatic hydroxyl groups excluding tert-OH is 1. The molecule has 22 heavy (non-hydrogen) atoms. The van der Waals surface area contributed by atoms with Gasteiger partial charge in [-0.25, -0.2) is 0 Å². The van der Waals surface area contributed by atoms with Crippen molar-refractivity contribution < 1.29 is 19.4 Å². The summed E-state index contributed by atoms with van der Waals surface area (Å²) in [6.07, 6.45) is -1.21. The van der Waals surface area contributed by atoms with Crippen molar-refractivity contribution in [3.63, 3.8) is 0 Å². The van der Waals surface area contributed by atoms with E-state index in [2.05, 4.69) is 39.9 Å². The second-order valence-corrected chi connectivity index (χ2v) is 13.1. The van der Waals surface area contributed by atoms with Gasteiger partial charge in [0.2, 0.25) is 0 Å². The summed E-state index contributed by atoms with van der Waals surface area (Å²) in [5.41, 5.74) is -1.27. The number of ether oxygens (including phenoxy) is 1. The van der Waals surface area contributed by atoms with Crippen molar-refractivity contribution in [2.24, 2.45) is 5.92 Å². The molecule has 1 saturated heterocycles. The smallest absolute Gasteiger partial charge is 0.195 e. The predicted molar refractivity (Wildman–Crippen MR) is 87.6 cm³/mol. The minimum atomic E-state index is -2.02. The maximum absolute atomic E-state index is 10.3. The van der Waals surface area contributed by atoms with E-state index in [4.69, 9.17) is 9.16 Å². The van der Waals surface area contributed by atoms with Crippen molar-refractivity contribution in [3.8, 4) is 6.07 Å². The molecule has 0 spiro atoms. The molecule has 0 aromatic carbocycles. The summed E-state index contributed by atoms with van der Waals surface area (Å²) >= 11 is 0. The lowest BCUT2D eigenvalue weighted by molar-refractivity contribution is -0.215. The zero-order valence-electron chi connectivity index (χ0n) is 14.9. The van der Waals surface area contributed by atoms with Gasteiger partial charge in [-0.2, -0.15) is 5.26 Å². The maximum Gasteiger partial charge on any atom is 0.195 e. The number of nitrogens with zero attached hydrogens (tertiary/aromatic N) is 1. The first-order valence-electron chi connectivity index (χ1n) is 7.91. The van der Waals surface area contributed by atoms with Crippen LogP contribution in [-0.4, -0.2) is 42.6 Å².